The van der Waals surface area contributed by atoms with Gasteiger partial charge in [-0.25, -0.2) is 4.68 Å². The molecule has 7 nitrogen and oxygen atoms in total. The highest BCUT2D eigenvalue weighted by Crippen LogP contribution is 2.18. The van der Waals surface area contributed by atoms with Gasteiger partial charge in [0.1, 0.15) is 0 Å². The van der Waals surface area contributed by atoms with E-state index < -0.39 is 0 Å². The van der Waals surface area contributed by atoms with E-state index in [2.05, 4.69) is 15.0 Å². The van der Waals surface area contributed by atoms with Gasteiger partial charge in [-0.3, -0.25) is 14.6 Å². The Hall–Kier alpha value is -2.28. The number of rotatable bonds is 5. The lowest BCUT2D eigenvalue weighted by atomic mass is 9.97. The van der Waals surface area contributed by atoms with Gasteiger partial charge >= 0.3 is 0 Å². The highest BCUT2D eigenvalue weighted by molar-refractivity contribution is 4.97. The summed E-state index contributed by atoms with van der Waals surface area (Å²) in [5, 5.41) is 4.32. The minimum Gasteiger partial charge on any atom is -0.311 e. The zero-order valence-electron chi connectivity index (χ0n) is 14.0. The average Bonchev–Trinajstić information content (AvgIpc) is 2.59. The minimum absolute atomic E-state index is 0.0277. The quantitative estimate of drug-likeness (QED) is 0.800. The van der Waals surface area contributed by atoms with Gasteiger partial charge in [-0.1, -0.05) is 0 Å². The van der Waals surface area contributed by atoms with Crippen LogP contribution in [-0.4, -0.2) is 43.9 Å². The van der Waals surface area contributed by atoms with Crippen molar-refractivity contribution in [2.75, 3.05) is 19.6 Å². The van der Waals surface area contributed by atoms with Crippen LogP contribution in [-0.2, 0) is 13.1 Å². The van der Waals surface area contributed by atoms with E-state index in [4.69, 9.17) is 0 Å². The summed E-state index contributed by atoms with van der Waals surface area (Å²) >= 11 is 0. The number of aryl methyl sites for hydroxylation is 1. The van der Waals surface area contributed by atoms with Crippen LogP contribution >= 0.6 is 0 Å². The van der Waals surface area contributed by atoms with E-state index in [0.29, 0.717) is 19.0 Å². The molecule has 0 bridgehead atoms. The first kappa shape index (κ1) is 16.6. The zero-order valence-corrected chi connectivity index (χ0v) is 14.0. The van der Waals surface area contributed by atoms with Crippen LogP contribution in [0.3, 0.4) is 0 Å². The van der Waals surface area contributed by atoms with Crippen molar-refractivity contribution < 1.29 is 0 Å². The van der Waals surface area contributed by atoms with Crippen molar-refractivity contribution in [3.05, 3.63) is 57.1 Å². The Balaban J connectivity index is 1.49. The van der Waals surface area contributed by atoms with Gasteiger partial charge in [0, 0.05) is 38.1 Å². The fourth-order valence-corrected chi connectivity index (χ4v) is 3.13. The average molecular weight is 329 g/mol. The summed E-state index contributed by atoms with van der Waals surface area (Å²) in [4.78, 5) is 29.7. The van der Waals surface area contributed by atoms with Crippen LogP contribution in [0.5, 0.6) is 0 Å². The molecule has 1 saturated heterocycles. The predicted molar refractivity (Wildman–Crippen MR) is 90.9 cm³/mol. The maximum Gasteiger partial charge on any atom is 0.269 e. The maximum absolute atomic E-state index is 11.9. The summed E-state index contributed by atoms with van der Waals surface area (Å²) in [7, 11) is 0. The van der Waals surface area contributed by atoms with Gasteiger partial charge in [0.2, 0.25) is 0 Å². The molecule has 1 aliphatic heterocycles. The van der Waals surface area contributed by atoms with E-state index in [1.165, 1.54) is 6.20 Å². The number of aromatic nitrogens is 4. The molecule has 0 unspecified atom stereocenters. The van der Waals surface area contributed by atoms with Gasteiger partial charge in [-0.2, -0.15) is 5.10 Å². The molecule has 0 aliphatic carbocycles. The van der Waals surface area contributed by atoms with Gasteiger partial charge in [0.15, 0.2) is 0 Å². The summed E-state index contributed by atoms with van der Waals surface area (Å²) in [5.74, 6) is 0.483. The predicted octanol–water partition coefficient (Wildman–Crippen LogP) is 0.521. The molecule has 0 aromatic carbocycles. The van der Waals surface area contributed by atoms with Gasteiger partial charge in [-0.05, 0) is 44.8 Å². The first-order valence-corrected chi connectivity index (χ1v) is 8.39. The number of piperidine rings is 1. The third kappa shape index (κ3) is 4.17. The van der Waals surface area contributed by atoms with Crippen molar-refractivity contribution in [3.63, 3.8) is 0 Å². The minimum atomic E-state index is -0.0581. The van der Waals surface area contributed by atoms with Gasteiger partial charge < -0.3 is 9.47 Å². The summed E-state index contributed by atoms with van der Waals surface area (Å²) in [6.45, 7) is 6.12. The third-order valence-corrected chi connectivity index (χ3v) is 4.60. The Morgan fingerprint density at radius 2 is 1.92 bits per heavy atom. The van der Waals surface area contributed by atoms with Crippen LogP contribution in [0.15, 0.2) is 40.3 Å². The van der Waals surface area contributed by atoms with Crippen molar-refractivity contribution in [2.45, 2.75) is 32.9 Å². The lowest BCUT2D eigenvalue weighted by Gasteiger charge is -2.32. The van der Waals surface area contributed by atoms with E-state index in [1.807, 2.05) is 6.92 Å². The van der Waals surface area contributed by atoms with E-state index in [0.717, 1.165) is 38.2 Å². The molecule has 0 N–H and O–H groups in total. The standard InChI is InChI=1S/C17H23N5O2/c1-14-2-3-16(23)22(19-14)13-15-4-7-20(8-5-15)10-11-21-9-6-18-12-17(21)24/h2-3,6,9,12,15H,4-5,7-8,10-11,13H2,1H3. The lowest BCUT2D eigenvalue weighted by Crippen LogP contribution is -2.39. The van der Waals surface area contributed by atoms with Crippen molar-refractivity contribution >= 4 is 0 Å². The van der Waals surface area contributed by atoms with E-state index in [1.54, 1.807) is 33.8 Å². The molecule has 3 heterocycles. The molecule has 0 radical (unpaired) electrons. The van der Waals surface area contributed by atoms with Crippen LogP contribution in [0, 0.1) is 12.8 Å². The number of hydrogen-bond acceptors (Lipinski definition) is 5. The smallest absolute Gasteiger partial charge is 0.269 e. The summed E-state index contributed by atoms with van der Waals surface area (Å²) in [6, 6.07) is 3.34. The SMILES string of the molecule is Cc1ccc(=O)n(CC2CCN(CCn3ccncc3=O)CC2)n1. The van der Waals surface area contributed by atoms with Crippen LogP contribution in [0.4, 0.5) is 0 Å². The first-order valence-electron chi connectivity index (χ1n) is 8.39. The first-order chi connectivity index (χ1) is 11.6. The number of likely N-dealkylation sites (tertiary alicyclic amines) is 1. The van der Waals surface area contributed by atoms with Crippen LogP contribution < -0.4 is 11.1 Å². The van der Waals surface area contributed by atoms with Crippen LogP contribution in [0.2, 0.25) is 0 Å². The largest absolute Gasteiger partial charge is 0.311 e. The van der Waals surface area contributed by atoms with Gasteiger partial charge in [0.25, 0.3) is 11.1 Å². The second-order valence-electron chi connectivity index (χ2n) is 6.39. The Bertz CT molecular complexity index is 790. The fourth-order valence-electron chi connectivity index (χ4n) is 3.13. The van der Waals surface area contributed by atoms with Crippen molar-refractivity contribution in [2.24, 2.45) is 5.92 Å². The summed E-state index contributed by atoms with van der Waals surface area (Å²) < 4.78 is 3.28. The molecule has 1 aliphatic rings. The second-order valence-corrected chi connectivity index (χ2v) is 6.39. The summed E-state index contributed by atoms with van der Waals surface area (Å²) in [5.41, 5.74) is 0.784. The monoisotopic (exact) mass is 329 g/mol. The van der Waals surface area contributed by atoms with Crippen molar-refractivity contribution in [1.82, 2.24) is 24.2 Å². The normalized spacial score (nSPS) is 16.4. The van der Waals surface area contributed by atoms with Crippen molar-refractivity contribution in [1.29, 1.82) is 0 Å². The molecule has 0 atom stereocenters. The Kier molecular flexibility index (Phi) is 5.20. The van der Waals surface area contributed by atoms with E-state index in [-0.39, 0.29) is 11.1 Å². The fraction of sp³-hybridized carbons (Fsp3) is 0.529. The Morgan fingerprint density at radius 1 is 1.12 bits per heavy atom. The summed E-state index contributed by atoms with van der Waals surface area (Å²) in [6.07, 6.45) is 6.81. The lowest BCUT2D eigenvalue weighted by molar-refractivity contribution is 0.164. The molecule has 0 amide bonds. The van der Waals surface area contributed by atoms with Crippen molar-refractivity contribution in [3.8, 4) is 0 Å². The molecule has 2 aromatic rings. The molecule has 128 valence electrons. The maximum atomic E-state index is 11.9. The molecule has 0 saturated carbocycles. The third-order valence-electron chi connectivity index (χ3n) is 4.60. The van der Waals surface area contributed by atoms with Gasteiger partial charge in [0.05, 0.1) is 11.9 Å². The highest BCUT2D eigenvalue weighted by Gasteiger charge is 2.20. The Morgan fingerprint density at radius 3 is 2.67 bits per heavy atom. The molecule has 2 aromatic heterocycles. The Labute approximate surface area is 140 Å². The van der Waals surface area contributed by atoms with Crippen LogP contribution in [0.1, 0.15) is 18.5 Å². The second kappa shape index (κ2) is 7.53. The molecule has 7 heteroatoms. The van der Waals surface area contributed by atoms with Crippen LogP contribution in [0.25, 0.3) is 0 Å². The highest BCUT2D eigenvalue weighted by atomic mass is 16.1. The molecule has 1 fully saturated rings. The molecule has 0 spiro atoms. The van der Waals surface area contributed by atoms with E-state index in [9.17, 15) is 9.59 Å². The molecule has 3 rings (SSSR count). The topological polar surface area (TPSA) is 73.0 Å². The molecule has 24 heavy (non-hydrogen) atoms. The molecular weight excluding hydrogens is 306 g/mol. The molecular formula is C17H23N5O2. The number of hydrogen-bond donors (Lipinski definition) is 0. The van der Waals surface area contributed by atoms with Gasteiger partial charge in [-0.15, -0.1) is 0 Å². The number of nitrogens with zero attached hydrogens (tertiary/aromatic N) is 5. The van der Waals surface area contributed by atoms with E-state index >= 15 is 0 Å². The zero-order chi connectivity index (χ0) is 16.9.